The van der Waals surface area contributed by atoms with Crippen molar-refractivity contribution in [2.45, 2.75) is 12.5 Å². The molecule has 0 radical (unpaired) electrons. The number of rotatable bonds is 5. The third kappa shape index (κ3) is 3.06. The Morgan fingerprint density at radius 2 is 1.86 bits per heavy atom. The van der Waals surface area contributed by atoms with Gasteiger partial charge in [-0.25, -0.2) is 4.99 Å². The summed E-state index contributed by atoms with van der Waals surface area (Å²) in [5.41, 5.74) is 0.982. The Morgan fingerprint density at radius 3 is 2.57 bits per heavy atom. The SMILES string of the molecule is O=C1N=c2ccccc2=C1c1sc(=S)n(C(Cc2ccccc2)C(=O)[O-])c1O. The molecule has 0 bridgehead atoms. The lowest BCUT2D eigenvalue weighted by Crippen LogP contribution is -2.34. The number of carbonyl (C=O) groups is 2. The summed E-state index contributed by atoms with van der Waals surface area (Å²) in [6.07, 6.45) is 0.0887. The fourth-order valence-electron chi connectivity index (χ4n) is 3.22. The van der Waals surface area contributed by atoms with Crippen molar-refractivity contribution in [2.75, 3.05) is 0 Å². The van der Waals surface area contributed by atoms with Crippen molar-refractivity contribution in [3.05, 3.63) is 79.6 Å². The maximum absolute atomic E-state index is 12.4. The van der Waals surface area contributed by atoms with E-state index >= 15 is 0 Å². The van der Waals surface area contributed by atoms with Gasteiger partial charge >= 0.3 is 0 Å². The number of para-hydroxylation sites is 1. The lowest BCUT2D eigenvalue weighted by molar-refractivity contribution is -0.310. The topological polar surface area (TPSA) is 94.7 Å². The molecule has 6 nitrogen and oxygen atoms in total. The molecule has 0 saturated heterocycles. The Kier molecular flexibility index (Phi) is 4.66. The Labute approximate surface area is 168 Å². The third-order valence-corrected chi connectivity index (χ3v) is 5.92. The number of hydrogen-bond acceptors (Lipinski definition) is 6. The molecule has 140 valence electrons. The molecule has 2 heterocycles. The fraction of sp³-hybridized carbons (Fsp3) is 0.100. The van der Waals surface area contributed by atoms with Crippen LogP contribution >= 0.6 is 23.6 Å². The zero-order valence-electron chi connectivity index (χ0n) is 14.4. The van der Waals surface area contributed by atoms with E-state index in [1.54, 1.807) is 48.5 Å². The second kappa shape index (κ2) is 7.14. The van der Waals surface area contributed by atoms with Gasteiger partial charge in [-0.1, -0.05) is 48.5 Å². The first kappa shape index (κ1) is 18.3. The molecular formula is C20H13N2O4S2-. The highest BCUT2D eigenvalue weighted by Crippen LogP contribution is 2.35. The van der Waals surface area contributed by atoms with Gasteiger partial charge < -0.3 is 15.0 Å². The normalized spacial score (nSPS) is 13.9. The summed E-state index contributed by atoms with van der Waals surface area (Å²) in [5, 5.41) is 23.7. The molecule has 3 aromatic rings. The van der Waals surface area contributed by atoms with Gasteiger partial charge in [0.15, 0.2) is 3.95 Å². The largest absolute Gasteiger partial charge is 0.548 e. The number of hydrogen-bond donors (Lipinski definition) is 1. The van der Waals surface area contributed by atoms with Gasteiger partial charge in [-0.3, -0.25) is 9.36 Å². The van der Waals surface area contributed by atoms with Crippen LogP contribution in [0.15, 0.2) is 59.6 Å². The highest BCUT2D eigenvalue weighted by Gasteiger charge is 2.28. The number of aromatic hydroxyl groups is 1. The molecular weight excluding hydrogens is 396 g/mol. The molecule has 1 aromatic heterocycles. The van der Waals surface area contributed by atoms with E-state index < -0.39 is 17.9 Å². The number of carboxylic acid groups (broad SMARTS) is 1. The van der Waals surface area contributed by atoms with Gasteiger partial charge in [0.1, 0.15) is 4.88 Å². The summed E-state index contributed by atoms with van der Waals surface area (Å²) in [7, 11) is 0. The smallest absolute Gasteiger partial charge is 0.279 e. The van der Waals surface area contributed by atoms with E-state index in [9.17, 15) is 19.8 Å². The van der Waals surface area contributed by atoms with Crippen LogP contribution in [-0.2, 0) is 16.0 Å². The Balaban J connectivity index is 1.87. The maximum atomic E-state index is 12.4. The van der Waals surface area contributed by atoms with Crippen LogP contribution in [0.1, 0.15) is 16.5 Å². The molecule has 1 aliphatic rings. The zero-order valence-corrected chi connectivity index (χ0v) is 16.0. The molecule has 8 heteroatoms. The molecule has 2 aromatic carbocycles. The van der Waals surface area contributed by atoms with Crippen LogP contribution in [0, 0.1) is 3.95 Å². The van der Waals surface area contributed by atoms with Crippen LogP contribution in [0.3, 0.4) is 0 Å². The summed E-state index contributed by atoms with van der Waals surface area (Å²) in [5.74, 6) is -2.23. The molecule has 0 saturated carbocycles. The second-order valence-electron chi connectivity index (χ2n) is 6.22. The lowest BCUT2D eigenvalue weighted by atomic mass is 10.1. The van der Waals surface area contributed by atoms with Crippen molar-refractivity contribution in [1.82, 2.24) is 4.57 Å². The van der Waals surface area contributed by atoms with E-state index in [1.807, 2.05) is 6.07 Å². The fourth-order valence-corrected chi connectivity index (χ4v) is 4.65. The minimum absolute atomic E-state index is 0.0887. The third-order valence-electron chi connectivity index (χ3n) is 4.51. The van der Waals surface area contributed by atoms with E-state index in [2.05, 4.69) is 4.99 Å². The molecule has 0 spiro atoms. The predicted molar refractivity (Wildman–Crippen MR) is 104 cm³/mol. The number of nitrogens with zero attached hydrogens (tertiary/aromatic N) is 2. The number of thiazole rings is 1. The zero-order chi connectivity index (χ0) is 19.8. The molecule has 4 rings (SSSR count). The first-order chi connectivity index (χ1) is 13.5. The van der Waals surface area contributed by atoms with Crippen molar-refractivity contribution >= 4 is 41.0 Å². The Hall–Kier alpha value is -3.10. The summed E-state index contributed by atoms with van der Waals surface area (Å²) in [4.78, 5) is 28.4. The average Bonchev–Trinajstić information content (AvgIpc) is 3.15. The van der Waals surface area contributed by atoms with E-state index in [4.69, 9.17) is 12.2 Å². The lowest BCUT2D eigenvalue weighted by Gasteiger charge is -2.20. The minimum Gasteiger partial charge on any atom is -0.548 e. The van der Waals surface area contributed by atoms with Crippen molar-refractivity contribution in [3.63, 3.8) is 0 Å². The van der Waals surface area contributed by atoms with Gasteiger partial charge in [0.05, 0.1) is 22.9 Å². The van der Waals surface area contributed by atoms with Crippen LogP contribution in [0.2, 0.25) is 0 Å². The quantitative estimate of drug-likeness (QED) is 0.631. The Morgan fingerprint density at radius 1 is 1.18 bits per heavy atom. The first-order valence-electron chi connectivity index (χ1n) is 8.39. The molecule has 28 heavy (non-hydrogen) atoms. The van der Waals surface area contributed by atoms with Gasteiger partial charge in [-0.05, 0) is 30.3 Å². The first-order valence-corrected chi connectivity index (χ1v) is 9.61. The average molecular weight is 409 g/mol. The van der Waals surface area contributed by atoms with E-state index in [0.717, 1.165) is 21.5 Å². The van der Waals surface area contributed by atoms with Gasteiger partial charge in [0.2, 0.25) is 5.88 Å². The van der Waals surface area contributed by atoms with Crippen LogP contribution in [0.25, 0.3) is 5.57 Å². The molecule has 0 fully saturated rings. The van der Waals surface area contributed by atoms with Gasteiger partial charge in [0, 0.05) is 5.22 Å². The van der Waals surface area contributed by atoms with Gasteiger partial charge in [-0.15, -0.1) is 11.3 Å². The Bertz CT molecular complexity index is 1280. The number of aromatic nitrogens is 1. The number of amides is 1. The summed E-state index contributed by atoms with van der Waals surface area (Å²) in [6, 6.07) is 14.7. The highest BCUT2D eigenvalue weighted by molar-refractivity contribution is 7.73. The number of benzene rings is 2. The monoisotopic (exact) mass is 409 g/mol. The van der Waals surface area contributed by atoms with Crippen LogP contribution < -0.4 is 15.7 Å². The summed E-state index contributed by atoms with van der Waals surface area (Å²) in [6.45, 7) is 0. The molecule has 0 aliphatic carbocycles. The van der Waals surface area contributed by atoms with Crippen molar-refractivity contribution in [3.8, 4) is 5.88 Å². The van der Waals surface area contributed by atoms with E-state index in [1.165, 1.54) is 0 Å². The standard InChI is InChI=1S/C20H14N2O4S2/c23-17-15(12-8-4-5-9-13(12)21-17)16-18(24)22(20(27)28-16)14(19(25)26)10-11-6-2-1-3-7-11/h1-9,14,24H,10H2,(H,25,26)/p-1. The van der Waals surface area contributed by atoms with Crippen molar-refractivity contribution in [2.24, 2.45) is 4.99 Å². The predicted octanol–water partition coefficient (Wildman–Crippen LogP) is 0.877. The van der Waals surface area contributed by atoms with E-state index in [0.29, 0.717) is 10.6 Å². The van der Waals surface area contributed by atoms with Crippen LogP contribution in [-0.4, -0.2) is 21.6 Å². The summed E-state index contributed by atoms with van der Waals surface area (Å²) >= 11 is 6.30. The van der Waals surface area contributed by atoms with Crippen molar-refractivity contribution in [1.29, 1.82) is 0 Å². The van der Waals surface area contributed by atoms with Crippen LogP contribution in [0.4, 0.5) is 0 Å². The molecule has 1 atom stereocenters. The highest BCUT2D eigenvalue weighted by atomic mass is 32.1. The molecule has 1 amide bonds. The summed E-state index contributed by atoms with van der Waals surface area (Å²) < 4.78 is 1.28. The number of carboxylic acids is 1. The van der Waals surface area contributed by atoms with Gasteiger partial charge in [-0.2, -0.15) is 0 Å². The van der Waals surface area contributed by atoms with Crippen molar-refractivity contribution < 1.29 is 19.8 Å². The number of carbonyl (C=O) groups excluding carboxylic acids is 2. The van der Waals surface area contributed by atoms with Gasteiger partial charge in [0.25, 0.3) is 5.91 Å². The minimum atomic E-state index is -1.37. The number of aliphatic carboxylic acids is 1. The van der Waals surface area contributed by atoms with E-state index in [-0.39, 0.29) is 26.7 Å². The molecule has 1 aliphatic heterocycles. The second-order valence-corrected chi connectivity index (χ2v) is 7.87. The molecule has 1 N–H and O–H groups in total. The molecule has 1 unspecified atom stereocenters. The maximum Gasteiger partial charge on any atom is 0.279 e. The number of fused-ring (bicyclic) bond motifs is 1. The van der Waals surface area contributed by atoms with Crippen LogP contribution in [0.5, 0.6) is 5.88 Å².